The quantitative estimate of drug-likeness (QED) is 0.451. The Morgan fingerprint density at radius 3 is 2.71 bits per heavy atom. The molecule has 3 N–H and O–H groups in total. The van der Waals surface area contributed by atoms with Gasteiger partial charge < -0.3 is 20.3 Å². The number of nitrogens with zero attached hydrogens (tertiary/aromatic N) is 3. The Bertz CT molecular complexity index is 925. The smallest absolute Gasteiger partial charge is 0.338 e. The summed E-state index contributed by atoms with van der Waals surface area (Å²) in [6.45, 7) is 0.532. The van der Waals surface area contributed by atoms with Gasteiger partial charge in [-0.05, 0) is 36.2 Å². The average molecular weight is 381 g/mol. The third-order valence-electron chi connectivity index (χ3n) is 3.81. The van der Waals surface area contributed by atoms with Crippen LogP contribution in [0.4, 0.5) is 4.79 Å². The first-order valence-electron chi connectivity index (χ1n) is 8.64. The molecule has 144 valence electrons. The lowest BCUT2D eigenvalue weighted by Gasteiger charge is -2.05. The molecule has 0 spiro atoms. The molecular formula is C19H19N5O4. The first kappa shape index (κ1) is 19.0. The molecule has 3 aromatic rings. The Labute approximate surface area is 160 Å². The van der Waals surface area contributed by atoms with Crippen LogP contribution in [0, 0.1) is 0 Å². The number of hydrogen-bond acceptors (Lipinski definition) is 7. The van der Waals surface area contributed by atoms with Crippen LogP contribution in [0.25, 0.3) is 11.4 Å². The minimum absolute atomic E-state index is 0.231. The molecule has 0 aliphatic rings. The molecule has 0 aliphatic carbocycles. The van der Waals surface area contributed by atoms with Gasteiger partial charge in [-0.3, -0.25) is 4.98 Å². The highest BCUT2D eigenvalue weighted by atomic mass is 16.5. The normalized spacial score (nSPS) is 10.4. The van der Waals surface area contributed by atoms with Gasteiger partial charge in [0, 0.05) is 30.9 Å². The van der Waals surface area contributed by atoms with Crippen LogP contribution < -0.4 is 11.1 Å². The van der Waals surface area contributed by atoms with E-state index < -0.39 is 12.0 Å². The number of carbonyl (C=O) groups excluding carboxylic acids is 2. The van der Waals surface area contributed by atoms with Gasteiger partial charge in [-0.2, -0.15) is 4.98 Å². The van der Waals surface area contributed by atoms with Crippen molar-refractivity contribution >= 4 is 12.0 Å². The summed E-state index contributed by atoms with van der Waals surface area (Å²) < 4.78 is 10.4. The molecule has 0 bridgehead atoms. The lowest BCUT2D eigenvalue weighted by molar-refractivity contribution is 0.0498. The molecule has 0 saturated heterocycles. The van der Waals surface area contributed by atoms with Gasteiger partial charge in [0.25, 0.3) is 0 Å². The van der Waals surface area contributed by atoms with E-state index in [0.717, 1.165) is 11.1 Å². The van der Waals surface area contributed by atoms with Gasteiger partial charge >= 0.3 is 12.0 Å². The molecule has 2 heterocycles. The zero-order valence-corrected chi connectivity index (χ0v) is 15.0. The van der Waals surface area contributed by atoms with E-state index >= 15 is 0 Å². The molecule has 3 rings (SSSR count). The number of pyridine rings is 1. The summed E-state index contributed by atoms with van der Waals surface area (Å²) in [5.41, 5.74) is 7.05. The lowest BCUT2D eigenvalue weighted by Crippen LogP contribution is -2.28. The highest BCUT2D eigenvalue weighted by Crippen LogP contribution is 2.14. The molecule has 28 heavy (non-hydrogen) atoms. The number of aryl methyl sites for hydroxylation is 1. The zero-order chi connectivity index (χ0) is 19.8. The zero-order valence-electron chi connectivity index (χ0n) is 15.0. The minimum Gasteiger partial charge on any atom is -0.462 e. The molecule has 0 aliphatic heterocycles. The average Bonchev–Trinajstić information content (AvgIpc) is 3.19. The Morgan fingerprint density at radius 1 is 1.18 bits per heavy atom. The molecule has 0 saturated carbocycles. The fourth-order valence-electron chi connectivity index (χ4n) is 2.39. The monoisotopic (exact) mass is 381 g/mol. The van der Waals surface area contributed by atoms with Crippen LogP contribution in [-0.2, 0) is 17.7 Å². The molecule has 0 fully saturated rings. The number of nitrogens with two attached hydrogens (primary N) is 1. The topological polar surface area (TPSA) is 133 Å². The van der Waals surface area contributed by atoms with Crippen molar-refractivity contribution < 1.29 is 18.8 Å². The maximum atomic E-state index is 12.1. The number of nitrogens with one attached hydrogen (secondary N) is 1. The first-order valence-corrected chi connectivity index (χ1v) is 8.64. The number of ether oxygens (including phenoxy) is 1. The van der Waals surface area contributed by atoms with E-state index in [1.54, 1.807) is 42.7 Å². The standard InChI is InChI=1S/C19H19N5O4/c20-19(26)22-11-13-5-7-14(8-6-13)18(25)27-10-2-4-16-23-17(24-28-16)15-3-1-9-21-12-15/h1,3,5-9,12H,2,4,10-11H2,(H3,20,22,26). The van der Waals surface area contributed by atoms with Crippen LogP contribution in [0.15, 0.2) is 53.3 Å². The van der Waals surface area contributed by atoms with Crippen LogP contribution >= 0.6 is 0 Å². The number of carbonyl (C=O) groups is 2. The number of benzene rings is 1. The Hall–Kier alpha value is -3.75. The predicted octanol–water partition coefficient (Wildman–Crippen LogP) is 2.09. The molecule has 9 nitrogen and oxygen atoms in total. The number of rotatable bonds is 8. The summed E-state index contributed by atoms with van der Waals surface area (Å²) in [6.07, 6.45) is 4.38. The van der Waals surface area contributed by atoms with Crippen molar-refractivity contribution in [1.29, 1.82) is 0 Å². The summed E-state index contributed by atoms with van der Waals surface area (Å²) in [5.74, 6) is 0.531. The van der Waals surface area contributed by atoms with E-state index in [1.807, 2.05) is 6.07 Å². The molecule has 0 radical (unpaired) electrons. The first-order chi connectivity index (χ1) is 13.6. The molecule has 1 aromatic carbocycles. The van der Waals surface area contributed by atoms with E-state index in [2.05, 4.69) is 20.4 Å². The van der Waals surface area contributed by atoms with E-state index in [1.165, 1.54) is 0 Å². The van der Waals surface area contributed by atoms with Crippen LogP contribution in [-0.4, -0.2) is 33.7 Å². The molecule has 0 unspecified atom stereocenters. The molecule has 0 atom stereocenters. The highest BCUT2D eigenvalue weighted by molar-refractivity contribution is 5.89. The van der Waals surface area contributed by atoms with Gasteiger partial charge in [0.05, 0.1) is 12.2 Å². The third-order valence-corrected chi connectivity index (χ3v) is 3.81. The predicted molar refractivity (Wildman–Crippen MR) is 99.0 cm³/mol. The number of esters is 1. The minimum atomic E-state index is -0.600. The Morgan fingerprint density at radius 2 is 2.00 bits per heavy atom. The van der Waals surface area contributed by atoms with Crippen LogP contribution in [0.1, 0.15) is 28.2 Å². The van der Waals surface area contributed by atoms with Crippen molar-refractivity contribution in [3.8, 4) is 11.4 Å². The largest absolute Gasteiger partial charge is 0.462 e. The summed E-state index contributed by atoms with van der Waals surface area (Å²) >= 11 is 0. The Kier molecular flexibility index (Phi) is 6.29. The number of aromatic nitrogens is 3. The van der Waals surface area contributed by atoms with Gasteiger partial charge in [-0.15, -0.1) is 0 Å². The number of urea groups is 1. The maximum Gasteiger partial charge on any atom is 0.338 e. The van der Waals surface area contributed by atoms with Crippen molar-refractivity contribution in [2.24, 2.45) is 5.73 Å². The van der Waals surface area contributed by atoms with Crippen molar-refractivity contribution in [3.05, 3.63) is 65.8 Å². The summed E-state index contributed by atoms with van der Waals surface area (Å²) in [4.78, 5) is 31.1. The molecule has 2 aromatic heterocycles. The maximum absolute atomic E-state index is 12.1. The van der Waals surface area contributed by atoms with Crippen molar-refractivity contribution in [2.45, 2.75) is 19.4 Å². The number of primary amides is 1. The van der Waals surface area contributed by atoms with Gasteiger partial charge in [0.2, 0.25) is 11.7 Å². The van der Waals surface area contributed by atoms with Crippen LogP contribution in [0.2, 0.25) is 0 Å². The van der Waals surface area contributed by atoms with Crippen molar-refractivity contribution in [3.63, 3.8) is 0 Å². The fourth-order valence-corrected chi connectivity index (χ4v) is 2.39. The van der Waals surface area contributed by atoms with Gasteiger partial charge in [0.1, 0.15) is 0 Å². The van der Waals surface area contributed by atoms with Gasteiger partial charge in [0.15, 0.2) is 0 Å². The Balaban J connectivity index is 1.42. The van der Waals surface area contributed by atoms with Gasteiger partial charge in [-0.25, -0.2) is 9.59 Å². The number of amides is 2. The second-order valence-corrected chi connectivity index (χ2v) is 5.91. The molecular weight excluding hydrogens is 362 g/mol. The number of hydrogen-bond donors (Lipinski definition) is 2. The summed E-state index contributed by atoms with van der Waals surface area (Å²) in [7, 11) is 0. The SMILES string of the molecule is NC(=O)NCc1ccc(C(=O)OCCCc2nc(-c3cccnc3)no2)cc1. The second-order valence-electron chi connectivity index (χ2n) is 5.91. The van der Waals surface area contributed by atoms with Crippen molar-refractivity contribution in [1.82, 2.24) is 20.4 Å². The van der Waals surface area contributed by atoms with E-state index in [-0.39, 0.29) is 6.61 Å². The third kappa shape index (κ3) is 5.37. The highest BCUT2D eigenvalue weighted by Gasteiger charge is 2.10. The van der Waals surface area contributed by atoms with Crippen LogP contribution in [0.5, 0.6) is 0 Å². The fraction of sp³-hybridized carbons (Fsp3) is 0.211. The summed E-state index contributed by atoms with van der Waals surface area (Å²) in [6, 6.07) is 9.77. The van der Waals surface area contributed by atoms with Crippen LogP contribution in [0.3, 0.4) is 0 Å². The second kappa shape index (κ2) is 9.26. The van der Waals surface area contributed by atoms with E-state index in [4.69, 9.17) is 15.0 Å². The lowest BCUT2D eigenvalue weighted by atomic mass is 10.1. The van der Waals surface area contributed by atoms with Crippen molar-refractivity contribution in [2.75, 3.05) is 6.61 Å². The van der Waals surface area contributed by atoms with E-state index in [9.17, 15) is 9.59 Å². The van der Waals surface area contributed by atoms with E-state index in [0.29, 0.717) is 36.7 Å². The molecule has 2 amide bonds. The summed E-state index contributed by atoms with van der Waals surface area (Å²) in [5, 5.41) is 6.39. The molecule has 9 heteroatoms. The van der Waals surface area contributed by atoms with Gasteiger partial charge in [-0.1, -0.05) is 17.3 Å².